The summed E-state index contributed by atoms with van der Waals surface area (Å²) in [6.45, 7) is 4.78. The van der Waals surface area contributed by atoms with Crippen molar-refractivity contribution in [2.45, 2.75) is 45.5 Å². The van der Waals surface area contributed by atoms with E-state index in [1.54, 1.807) is 42.1 Å². The number of halogens is 2. The van der Waals surface area contributed by atoms with Crippen LogP contribution in [0.2, 0.25) is 5.02 Å². The summed E-state index contributed by atoms with van der Waals surface area (Å²) >= 11 is 6.22. The van der Waals surface area contributed by atoms with Gasteiger partial charge in [0, 0.05) is 24.0 Å². The molecule has 2 amide bonds. The van der Waals surface area contributed by atoms with E-state index in [9.17, 15) is 14.0 Å². The first-order chi connectivity index (χ1) is 16.4. The van der Waals surface area contributed by atoms with Gasteiger partial charge in [0.05, 0.1) is 36.6 Å². The lowest BCUT2D eigenvalue weighted by atomic mass is 10.0. The van der Waals surface area contributed by atoms with Crippen LogP contribution in [0.15, 0.2) is 42.7 Å². The van der Waals surface area contributed by atoms with Crippen LogP contribution in [0.1, 0.15) is 70.3 Å². The normalized spacial score (nSPS) is 14.7. The van der Waals surface area contributed by atoms with E-state index in [1.165, 1.54) is 12.1 Å². The average molecular weight is 486 g/mol. The molecule has 3 aromatic rings. The molecular weight excluding hydrogens is 461 g/mol. The fourth-order valence-corrected chi connectivity index (χ4v) is 4.30. The summed E-state index contributed by atoms with van der Waals surface area (Å²) in [5.41, 5.74) is 1.97. The number of carbonyl (C=O) groups is 2. The third-order valence-electron chi connectivity index (χ3n) is 5.76. The van der Waals surface area contributed by atoms with Crippen LogP contribution in [0, 0.1) is 5.82 Å². The highest BCUT2D eigenvalue weighted by Gasteiger charge is 2.28. The van der Waals surface area contributed by atoms with E-state index in [0.717, 1.165) is 0 Å². The number of ether oxygens (including phenoxy) is 1. The number of benzene rings is 1. The Morgan fingerprint density at radius 2 is 1.97 bits per heavy atom. The van der Waals surface area contributed by atoms with Crippen LogP contribution in [-0.4, -0.2) is 33.0 Å². The molecule has 4 rings (SSSR count). The second-order valence-electron chi connectivity index (χ2n) is 8.00. The number of rotatable bonds is 7. The van der Waals surface area contributed by atoms with Crippen molar-refractivity contribution in [1.82, 2.24) is 25.2 Å². The van der Waals surface area contributed by atoms with Crippen LogP contribution in [-0.2, 0) is 17.9 Å². The van der Waals surface area contributed by atoms with Gasteiger partial charge in [0.15, 0.2) is 0 Å². The third kappa shape index (κ3) is 4.95. The molecule has 0 radical (unpaired) electrons. The largest absolute Gasteiger partial charge is 0.373 e. The van der Waals surface area contributed by atoms with Crippen LogP contribution in [0.5, 0.6) is 0 Å². The van der Waals surface area contributed by atoms with Gasteiger partial charge in [-0.15, -0.1) is 0 Å². The van der Waals surface area contributed by atoms with Gasteiger partial charge < -0.3 is 19.9 Å². The highest BCUT2D eigenvalue weighted by molar-refractivity contribution is 6.31. The van der Waals surface area contributed by atoms with Crippen LogP contribution in [0.25, 0.3) is 0 Å². The zero-order valence-electron chi connectivity index (χ0n) is 18.8. The smallest absolute Gasteiger partial charge is 0.268 e. The Morgan fingerprint density at radius 1 is 1.21 bits per heavy atom. The average Bonchev–Trinajstić information content (AvgIpc) is 3.23. The lowest BCUT2D eigenvalue weighted by Crippen LogP contribution is -2.31. The summed E-state index contributed by atoms with van der Waals surface area (Å²) in [4.78, 5) is 34.7. The minimum Gasteiger partial charge on any atom is -0.373 e. The van der Waals surface area contributed by atoms with E-state index in [0.29, 0.717) is 47.9 Å². The molecule has 1 aromatic carbocycles. The van der Waals surface area contributed by atoms with Crippen molar-refractivity contribution < 1.29 is 18.7 Å². The molecule has 1 aliphatic heterocycles. The number of carbonyl (C=O) groups excluding carboxylic acids is 2. The van der Waals surface area contributed by atoms with Crippen LogP contribution >= 0.6 is 11.6 Å². The quantitative estimate of drug-likeness (QED) is 0.527. The molecule has 34 heavy (non-hydrogen) atoms. The number of amides is 2. The lowest BCUT2D eigenvalue weighted by Gasteiger charge is -2.22. The molecule has 10 heteroatoms. The zero-order chi connectivity index (χ0) is 24.2. The van der Waals surface area contributed by atoms with Crippen molar-refractivity contribution in [3.63, 3.8) is 0 Å². The van der Waals surface area contributed by atoms with E-state index < -0.39 is 17.9 Å². The Bertz CT molecular complexity index is 1200. The number of hydrogen-bond acceptors (Lipinski definition) is 5. The Morgan fingerprint density at radius 3 is 2.68 bits per heavy atom. The third-order valence-corrected chi connectivity index (χ3v) is 6.08. The zero-order valence-corrected chi connectivity index (χ0v) is 19.6. The summed E-state index contributed by atoms with van der Waals surface area (Å²) < 4.78 is 20.8. The molecule has 2 unspecified atom stereocenters. The Labute approximate surface area is 201 Å². The van der Waals surface area contributed by atoms with Crippen molar-refractivity contribution in [1.29, 1.82) is 0 Å². The predicted molar refractivity (Wildman–Crippen MR) is 124 cm³/mol. The molecule has 2 N–H and O–H groups in total. The molecule has 8 nitrogen and oxygen atoms in total. The van der Waals surface area contributed by atoms with Gasteiger partial charge in [0.25, 0.3) is 11.8 Å². The van der Waals surface area contributed by atoms with Gasteiger partial charge in [-0.05, 0) is 43.2 Å². The molecule has 1 aliphatic rings. The lowest BCUT2D eigenvalue weighted by molar-refractivity contribution is 0.0773. The molecule has 0 saturated carbocycles. The Kier molecular flexibility index (Phi) is 7.23. The van der Waals surface area contributed by atoms with Crippen molar-refractivity contribution >= 4 is 23.4 Å². The second kappa shape index (κ2) is 10.3. The standard InChI is InChI=1S/C24H25ClFN5O3/c1-3-19(16-6-5-15(26)11-18(16)25)30-24(33)20-12-17(21-13-34-10-9-31(20)21)23(32)29-14(2)22-27-7-4-8-28-22/h4-8,11-12,14,19H,3,9-10,13H2,1-2H3,(H,29,32)(H,30,33). The molecule has 0 aliphatic carbocycles. The molecule has 3 heterocycles. The van der Waals surface area contributed by atoms with E-state index in [-0.39, 0.29) is 23.4 Å². The molecule has 2 aromatic heterocycles. The van der Waals surface area contributed by atoms with Gasteiger partial charge in [-0.25, -0.2) is 14.4 Å². The number of hydrogen-bond donors (Lipinski definition) is 2. The fraction of sp³-hybridized carbons (Fsp3) is 0.333. The van der Waals surface area contributed by atoms with E-state index in [4.69, 9.17) is 16.3 Å². The van der Waals surface area contributed by atoms with Crippen molar-refractivity contribution in [2.24, 2.45) is 0 Å². The number of nitrogens with one attached hydrogen (secondary N) is 2. The maximum Gasteiger partial charge on any atom is 0.268 e. The van der Waals surface area contributed by atoms with Gasteiger partial charge in [-0.2, -0.15) is 0 Å². The molecule has 178 valence electrons. The number of nitrogens with zero attached hydrogens (tertiary/aromatic N) is 3. The molecule has 0 spiro atoms. The summed E-state index contributed by atoms with van der Waals surface area (Å²) in [7, 11) is 0. The Balaban J connectivity index is 1.58. The van der Waals surface area contributed by atoms with Crippen LogP contribution in [0.4, 0.5) is 4.39 Å². The summed E-state index contributed by atoms with van der Waals surface area (Å²) in [5, 5.41) is 6.10. The molecule has 0 saturated heterocycles. The maximum atomic E-state index is 13.5. The van der Waals surface area contributed by atoms with Gasteiger partial charge in [-0.3, -0.25) is 9.59 Å². The molecule has 0 fully saturated rings. The monoisotopic (exact) mass is 485 g/mol. The van der Waals surface area contributed by atoms with Gasteiger partial charge in [-0.1, -0.05) is 24.6 Å². The second-order valence-corrected chi connectivity index (χ2v) is 8.40. The van der Waals surface area contributed by atoms with Crippen molar-refractivity contribution in [3.05, 3.63) is 81.9 Å². The first-order valence-electron chi connectivity index (χ1n) is 11.0. The van der Waals surface area contributed by atoms with Crippen molar-refractivity contribution in [3.8, 4) is 0 Å². The van der Waals surface area contributed by atoms with Crippen LogP contribution in [0.3, 0.4) is 0 Å². The highest BCUT2D eigenvalue weighted by atomic mass is 35.5. The summed E-state index contributed by atoms with van der Waals surface area (Å²) in [6.07, 6.45) is 3.77. The highest BCUT2D eigenvalue weighted by Crippen LogP contribution is 2.27. The van der Waals surface area contributed by atoms with Gasteiger partial charge in [0.1, 0.15) is 17.3 Å². The maximum absolute atomic E-state index is 13.5. The fourth-order valence-electron chi connectivity index (χ4n) is 4.00. The SMILES string of the molecule is CCC(NC(=O)c1cc(C(=O)NC(C)c2ncccn2)c2n1CCOC2)c1ccc(F)cc1Cl. The van der Waals surface area contributed by atoms with E-state index in [2.05, 4.69) is 20.6 Å². The van der Waals surface area contributed by atoms with Gasteiger partial charge in [0.2, 0.25) is 0 Å². The number of aromatic nitrogens is 3. The summed E-state index contributed by atoms with van der Waals surface area (Å²) in [6, 6.07) is 6.54. The molecule has 0 bridgehead atoms. The first kappa shape index (κ1) is 23.8. The van der Waals surface area contributed by atoms with E-state index >= 15 is 0 Å². The summed E-state index contributed by atoms with van der Waals surface area (Å²) in [5.74, 6) is -0.655. The minimum atomic E-state index is -0.443. The Hall–Kier alpha value is -3.30. The minimum absolute atomic E-state index is 0.216. The first-order valence-corrected chi connectivity index (χ1v) is 11.4. The molecular formula is C24H25ClFN5O3. The molecule has 2 atom stereocenters. The predicted octanol–water partition coefficient (Wildman–Crippen LogP) is 3.97. The van der Waals surface area contributed by atoms with Crippen molar-refractivity contribution in [2.75, 3.05) is 6.61 Å². The van der Waals surface area contributed by atoms with Crippen LogP contribution < -0.4 is 10.6 Å². The van der Waals surface area contributed by atoms with E-state index in [1.807, 2.05) is 6.92 Å². The number of fused-ring (bicyclic) bond motifs is 1. The topological polar surface area (TPSA) is 98.1 Å². The van der Waals surface area contributed by atoms with Gasteiger partial charge >= 0.3 is 0 Å².